The lowest BCUT2D eigenvalue weighted by Crippen LogP contribution is -2.35. The van der Waals surface area contributed by atoms with Gasteiger partial charge in [0.15, 0.2) is 0 Å². The number of hydrogen-bond acceptors (Lipinski definition) is 3. The van der Waals surface area contributed by atoms with E-state index in [0.29, 0.717) is 6.04 Å². The molecule has 0 aromatic carbocycles. The molecule has 1 saturated carbocycles. The maximum atomic E-state index is 5.59. The van der Waals surface area contributed by atoms with Crippen molar-refractivity contribution in [3.63, 3.8) is 0 Å². The second-order valence-electron chi connectivity index (χ2n) is 4.77. The molecule has 0 saturated heterocycles. The van der Waals surface area contributed by atoms with Gasteiger partial charge in [0.05, 0.1) is 13.2 Å². The van der Waals surface area contributed by atoms with Crippen molar-refractivity contribution in [2.75, 3.05) is 33.5 Å². The maximum Gasteiger partial charge on any atom is 0.0615 e. The minimum atomic E-state index is 0.495. The Bertz CT molecular complexity index is 160. The molecule has 0 heterocycles. The van der Waals surface area contributed by atoms with E-state index in [9.17, 15) is 0 Å². The first-order valence-electron chi connectivity index (χ1n) is 6.66. The zero-order chi connectivity index (χ0) is 11.6. The van der Waals surface area contributed by atoms with Crippen molar-refractivity contribution < 1.29 is 9.47 Å². The molecule has 0 radical (unpaired) electrons. The molecule has 16 heavy (non-hydrogen) atoms. The van der Waals surface area contributed by atoms with Gasteiger partial charge >= 0.3 is 0 Å². The molecule has 96 valence electrons. The summed E-state index contributed by atoms with van der Waals surface area (Å²) in [4.78, 5) is 0. The van der Waals surface area contributed by atoms with Crippen molar-refractivity contribution in [2.45, 2.75) is 45.1 Å². The Labute approximate surface area is 99.9 Å². The van der Waals surface area contributed by atoms with Crippen molar-refractivity contribution in [1.82, 2.24) is 5.32 Å². The summed E-state index contributed by atoms with van der Waals surface area (Å²) >= 11 is 0. The highest BCUT2D eigenvalue weighted by Gasteiger charge is 2.20. The number of nitrogens with one attached hydrogen (secondary N) is 1. The Morgan fingerprint density at radius 3 is 2.81 bits per heavy atom. The van der Waals surface area contributed by atoms with Crippen LogP contribution in [0.25, 0.3) is 0 Å². The second-order valence-corrected chi connectivity index (χ2v) is 4.77. The van der Waals surface area contributed by atoms with Gasteiger partial charge in [0, 0.05) is 26.3 Å². The normalized spacial score (nSPS) is 17.6. The summed E-state index contributed by atoms with van der Waals surface area (Å²) in [7, 11) is 1.77. The fraction of sp³-hybridized carbons (Fsp3) is 1.00. The Hall–Kier alpha value is -0.120. The number of methoxy groups -OCH3 is 1. The van der Waals surface area contributed by atoms with Crippen LogP contribution in [0.5, 0.6) is 0 Å². The summed E-state index contributed by atoms with van der Waals surface area (Å²) in [6.07, 6.45) is 6.46. The highest BCUT2D eigenvalue weighted by Crippen LogP contribution is 2.28. The van der Waals surface area contributed by atoms with E-state index in [1.54, 1.807) is 7.11 Å². The lowest BCUT2D eigenvalue weighted by atomic mass is 10.1. The van der Waals surface area contributed by atoms with Gasteiger partial charge in [-0.05, 0) is 25.2 Å². The van der Waals surface area contributed by atoms with Crippen LogP contribution in [0.2, 0.25) is 0 Å². The number of hydrogen-bond donors (Lipinski definition) is 1. The van der Waals surface area contributed by atoms with Gasteiger partial charge in [-0.1, -0.05) is 19.8 Å². The van der Waals surface area contributed by atoms with Gasteiger partial charge in [0.25, 0.3) is 0 Å². The van der Waals surface area contributed by atoms with Gasteiger partial charge < -0.3 is 14.8 Å². The minimum Gasteiger partial charge on any atom is -0.383 e. The van der Waals surface area contributed by atoms with Crippen LogP contribution in [-0.2, 0) is 9.47 Å². The first kappa shape index (κ1) is 13.9. The molecule has 1 fully saturated rings. The third-order valence-corrected chi connectivity index (χ3v) is 3.00. The maximum absolute atomic E-state index is 5.59. The van der Waals surface area contributed by atoms with Gasteiger partial charge in [-0.25, -0.2) is 0 Å². The van der Waals surface area contributed by atoms with Gasteiger partial charge in [0.2, 0.25) is 0 Å². The quantitative estimate of drug-likeness (QED) is 0.551. The van der Waals surface area contributed by atoms with E-state index in [4.69, 9.17) is 9.47 Å². The molecule has 1 atom stereocenters. The van der Waals surface area contributed by atoms with E-state index in [0.717, 1.165) is 32.3 Å². The first-order chi connectivity index (χ1) is 7.86. The van der Waals surface area contributed by atoms with Crippen LogP contribution in [0.15, 0.2) is 0 Å². The molecule has 0 spiro atoms. The summed E-state index contributed by atoms with van der Waals surface area (Å²) in [5.74, 6) is 0.870. The minimum absolute atomic E-state index is 0.495. The number of unbranched alkanes of at least 4 members (excludes halogenated alkanes) is 1. The van der Waals surface area contributed by atoms with E-state index < -0.39 is 0 Å². The molecular weight excluding hydrogens is 202 g/mol. The van der Waals surface area contributed by atoms with Crippen molar-refractivity contribution in [1.29, 1.82) is 0 Å². The second kappa shape index (κ2) is 8.97. The molecule has 0 aliphatic heterocycles. The van der Waals surface area contributed by atoms with E-state index >= 15 is 0 Å². The molecule has 0 aromatic heterocycles. The molecule has 1 N–H and O–H groups in total. The van der Waals surface area contributed by atoms with Crippen LogP contribution in [0.4, 0.5) is 0 Å². The van der Waals surface area contributed by atoms with Gasteiger partial charge in [-0.2, -0.15) is 0 Å². The number of ether oxygens (including phenoxy) is 2. The SMILES string of the molecule is CCCCC(COC)NCCOCC1CC1. The lowest BCUT2D eigenvalue weighted by molar-refractivity contribution is 0.114. The van der Waals surface area contributed by atoms with Crippen LogP contribution in [-0.4, -0.2) is 39.5 Å². The van der Waals surface area contributed by atoms with Crippen LogP contribution in [0.3, 0.4) is 0 Å². The topological polar surface area (TPSA) is 30.5 Å². The Morgan fingerprint density at radius 1 is 1.38 bits per heavy atom. The molecule has 1 unspecified atom stereocenters. The van der Waals surface area contributed by atoms with E-state index in [1.807, 2.05) is 0 Å². The van der Waals surface area contributed by atoms with Crippen LogP contribution < -0.4 is 5.32 Å². The lowest BCUT2D eigenvalue weighted by Gasteiger charge is -2.17. The molecule has 3 nitrogen and oxygen atoms in total. The predicted molar refractivity (Wildman–Crippen MR) is 66.7 cm³/mol. The molecule has 3 heteroatoms. The number of rotatable bonds is 11. The molecule has 1 rings (SSSR count). The van der Waals surface area contributed by atoms with Crippen molar-refractivity contribution >= 4 is 0 Å². The highest BCUT2D eigenvalue weighted by atomic mass is 16.5. The molecular formula is C13H27NO2. The fourth-order valence-corrected chi connectivity index (χ4v) is 1.77. The summed E-state index contributed by atoms with van der Waals surface area (Å²) in [6, 6.07) is 0.495. The van der Waals surface area contributed by atoms with Gasteiger partial charge in [-0.3, -0.25) is 0 Å². The monoisotopic (exact) mass is 229 g/mol. The Balaban J connectivity index is 1.92. The standard InChI is InChI=1S/C13H27NO2/c1-3-4-5-13(11-15-2)14-8-9-16-10-12-6-7-12/h12-14H,3-11H2,1-2H3. The molecule has 0 bridgehead atoms. The van der Waals surface area contributed by atoms with E-state index in [2.05, 4.69) is 12.2 Å². The largest absolute Gasteiger partial charge is 0.383 e. The molecule has 1 aliphatic carbocycles. The highest BCUT2D eigenvalue weighted by molar-refractivity contribution is 4.72. The van der Waals surface area contributed by atoms with Crippen molar-refractivity contribution in [3.8, 4) is 0 Å². The fourth-order valence-electron chi connectivity index (χ4n) is 1.77. The summed E-state index contributed by atoms with van der Waals surface area (Å²) in [5, 5.41) is 3.50. The summed E-state index contributed by atoms with van der Waals surface area (Å²) < 4.78 is 10.8. The average Bonchev–Trinajstić information content (AvgIpc) is 3.09. The van der Waals surface area contributed by atoms with E-state index in [1.165, 1.54) is 32.1 Å². The van der Waals surface area contributed by atoms with Gasteiger partial charge in [-0.15, -0.1) is 0 Å². The molecule has 0 amide bonds. The van der Waals surface area contributed by atoms with Crippen LogP contribution in [0, 0.1) is 5.92 Å². The van der Waals surface area contributed by atoms with Crippen molar-refractivity contribution in [3.05, 3.63) is 0 Å². The first-order valence-corrected chi connectivity index (χ1v) is 6.66. The van der Waals surface area contributed by atoms with Crippen molar-refractivity contribution in [2.24, 2.45) is 5.92 Å². The summed E-state index contributed by atoms with van der Waals surface area (Å²) in [6.45, 7) is 5.78. The Kier molecular flexibility index (Phi) is 7.81. The molecule has 1 aliphatic rings. The Morgan fingerprint density at radius 2 is 2.19 bits per heavy atom. The predicted octanol–water partition coefficient (Wildman–Crippen LogP) is 2.21. The third kappa shape index (κ3) is 7.20. The van der Waals surface area contributed by atoms with Crippen LogP contribution >= 0.6 is 0 Å². The van der Waals surface area contributed by atoms with Gasteiger partial charge in [0.1, 0.15) is 0 Å². The zero-order valence-electron chi connectivity index (χ0n) is 10.8. The smallest absolute Gasteiger partial charge is 0.0615 e. The summed E-state index contributed by atoms with van der Waals surface area (Å²) in [5.41, 5.74) is 0. The van der Waals surface area contributed by atoms with E-state index in [-0.39, 0.29) is 0 Å². The van der Waals surface area contributed by atoms with Crippen LogP contribution in [0.1, 0.15) is 39.0 Å². The third-order valence-electron chi connectivity index (χ3n) is 3.00. The molecule has 0 aromatic rings. The zero-order valence-corrected chi connectivity index (χ0v) is 10.8. The average molecular weight is 229 g/mol.